The Morgan fingerprint density at radius 1 is 1.69 bits per heavy atom. The third-order valence-electron chi connectivity index (χ3n) is 1.82. The highest BCUT2D eigenvalue weighted by atomic mass is 16.2. The molecule has 1 aromatic rings. The quantitative estimate of drug-likeness (QED) is 0.394. The van der Waals surface area contributed by atoms with Crippen LogP contribution in [0.5, 0.6) is 0 Å². The number of aromatic nitrogens is 2. The van der Waals surface area contributed by atoms with E-state index in [-0.39, 0.29) is 11.9 Å². The molecule has 0 aliphatic carbocycles. The lowest BCUT2D eigenvalue weighted by atomic mass is 10.2. The van der Waals surface area contributed by atoms with Crippen LogP contribution >= 0.6 is 0 Å². The molecule has 13 heavy (non-hydrogen) atoms. The number of carbonyl (C=O) groups is 1. The highest BCUT2D eigenvalue weighted by molar-refractivity contribution is 5.94. The molecule has 0 radical (unpaired) electrons. The van der Waals surface area contributed by atoms with Crippen LogP contribution in [0.4, 0.5) is 0 Å². The van der Waals surface area contributed by atoms with Gasteiger partial charge in [-0.15, -0.1) is 0 Å². The average molecular weight is 182 g/mol. The van der Waals surface area contributed by atoms with Gasteiger partial charge in [-0.2, -0.15) is 5.10 Å². The van der Waals surface area contributed by atoms with Crippen molar-refractivity contribution in [1.82, 2.24) is 15.2 Å². The molecule has 1 heterocycles. The number of nitrogens with zero attached hydrogens (tertiary/aromatic N) is 2. The van der Waals surface area contributed by atoms with E-state index in [1.807, 2.05) is 13.8 Å². The van der Waals surface area contributed by atoms with Crippen molar-refractivity contribution in [2.45, 2.75) is 26.8 Å². The highest BCUT2D eigenvalue weighted by Crippen LogP contribution is 2.09. The van der Waals surface area contributed by atoms with E-state index in [1.165, 1.54) is 0 Å². The van der Waals surface area contributed by atoms with Crippen molar-refractivity contribution in [1.29, 1.82) is 0 Å². The van der Waals surface area contributed by atoms with Crippen LogP contribution in [-0.4, -0.2) is 15.7 Å². The molecule has 72 valence electrons. The van der Waals surface area contributed by atoms with E-state index >= 15 is 0 Å². The lowest BCUT2D eigenvalue weighted by Gasteiger charge is -2.02. The Hall–Kier alpha value is -1.36. The van der Waals surface area contributed by atoms with Crippen LogP contribution in [0.25, 0.3) is 0 Å². The number of hydrogen-bond donors (Lipinski definition) is 2. The molecular weight excluding hydrogens is 168 g/mol. The van der Waals surface area contributed by atoms with E-state index in [9.17, 15) is 4.79 Å². The Morgan fingerprint density at radius 3 is 2.69 bits per heavy atom. The summed E-state index contributed by atoms with van der Waals surface area (Å²) >= 11 is 0. The molecule has 0 saturated heterocycles. The number of nitrogens with one attached hydrogen (secondary N) is 1. The van der Waals surface area contributed by atoms with Crippen LogP contribution in [0.3, 0.4) is 0 Å². The summed E-state index contributed by atoms with van der Waals surface area (Å²) in [5.74, 6) is 4.72. The van der Waals surface area contributed by atoms with Crippen molar-refractivity contribution in [3.05, 3.63) is 17.5 Å². The van der Waals surface area contributed by atoms with Crippen LogP contribution < -0.4 is 11.3 Å². The van der Waals surface area contributed by atoms with Crippen molar-refractivity contribution >= 4 is 5.91 Å². The van der Waals surface area contributed by atoms with Gasteiger partial charge in [0.1, 0.15) is 0 Å². The summed E-state index contributed by atoms with van der Waals surface area (Å²) in [6.45, 7) is 5.77. The smallest absolute Gasteiger partial charge is 0.268 e. The molecule has 0 aliphatic heterocycles. The van der Waals surface area contributed by atoms with E-state index < -0.39 is 0 Å². The molecule has 1 rings (SSSR count). The highest BCUT2D eigenvalue weighted by Gasteiger charge is 2.12. The molecule has 0 aromatic carbocycles. The SMILES string of the molecule is Cc1nn(C(C)C)cc1C(=O)NN. The summed E-state index contributed by atoms with van der Waals surface area (Å²) in [4.78, 5) is 11.2. The fraction of sp³-hybridized carbons (Fsp3) is 0.500. The van der Waals surface area contributed by atoms with E-state index in [0.717, 1.165) is 0 Å². The molecule has 0 fully saturated rings. The number of aryl methyl sites for hydroxylation is 1. The van der Waals surface area contributed by atoms with Gasteiger partial charge >= 0.3 is 0 Å². The maximum Gasteiger partial charge on any atom is 0.268 e. The van der Waals surface area contributed by atoms with Gasteiger partial charge in [0.05, 0.1) is 11.3 Å². The first-order valence-electron chi connectivity index (χ1n) is 4.13. The largest absolute Gasteiger partial charge is 0.290 e. The molecule has 0 unspecified atom stereocenters. The summed E-state index contributed by atoms with van der Waals surface area (Å²) < 4.78 is 1.74. The van der Waals surface area contributed by atoms with Gasteiger partial charge in [0.2, 0.25) is 0 Å². The Kier molecular flexibility index (Phi) is 2.67. The van der Waals surface area contributed by atoms with Crippen molar-refractivity contribution < 1.29 is 4.79 Å². The number of rotatable bonds is 2. The minimum atomic E-state index is -0.301. The topological polar surface area (TPSA) is 72.9 Å². The Balaban J connectivity index is 3.03. The van der Waals surface area contributed by atoms with E-state index in [0.29, 0.717) is 11.3 Å². The summed E-state index contributed by atoms with van der Waals surface area (Å²) in [6.07, 6.45) is 1.70. The second-order valence-corrected chi connectivity index (χ2v) is 3.18. The number of hydrogen-bond acceptors (Lipinski definition) is 3. The van der Waals surface area contributed by atoms with Crippen molar-refractivity contribution in [2.75, 3.05) is 0 Å². The zero-order valence-electron chi connectivity index (χ0n) is 8.03. The molecule has 1 amide bonds. The molecular formula is C8H14N4O. The molecule has 0 saturated carbocycles. The van der Waals surface area contributed by atoms with Crippen LogP contribution in [0, 0.1) is 6.92 Å². The average Bonchev–Trinajstić information content (AvgIpc) is 2.46. The Bertz CT molecular complexity index is 316. The zero-order chi connectivity index (χ0) is 10.0. The van der Waals surface area contributed by atoms with Crippen LogP contribution in [-0.2, 0) is 0 Å². The Morgan fingerprint density at radius 2 is 2.31 bits per heavy atom. The van der Waals surface area contributed by atoms with Gasteiger partial charge in [0, 0.05) is 12.2 Å². The predicted molar refractivity (Wildman–Crippen MR) is 49.0 cm³/mol. The first kappa shape index (κ1) is 9.73. The molecule has 0 spiro atoms. The monoisotopic (exact) mass is 182 g/mol. The maximum absolute atomic E-state index is 11.2. The van der Waals surface area contributed by atoms with Crippen molar-refractivity contribution in [2.24, 2.45) is 5.84 Å². The van der Waals surface area contributed by atoms with Gasteiger partial charge < -0.3 is 0 Å². The first-order chi connectivity index (χ1) is 6.06. The van der Waals surface area contributed by atoms with Crippen LogP contribution in [0.2, 0.25) is 0 Å². The Labute approximate surface area is 76.9 Å². The van der Waals surface area contributed by atoms with E-state index in [2.05, 4.69) is 10.5 Å². The van der Waals surface area contributed by atoms with Crippen molar-refractivity contribution in [3.63, 3.8) is 0 Å². The third kappa shape index (κ3) is 1.86. The molecule has 5 nitrogen and oxygen atoms in total. The number of nitrogens with two attached hydrogens (primary N) is 1. The fourth-order valence-corrected chi connectivity index (χ4v) is 1.05. The minimum absolute atomic E-state index is 0.248. The van der Waals surface area contributed by atoms with Gasteiger partial charge in [-0.1, -0.05) is 0 Å². The summed E-state index contributed by atoms with van der Waals surface area (Å²) in [6, 6.07) is 0.248. The number of nitrogen functional groups attached to an aromatic ring is 1. The minimum Gasteiger partial charge on any atom is -0.290 e. The summed E-state index contributed by atoms with van der Waals surface area (Å²) in [5.41, 5.74) is 3.30. The summed E-state index contributed by atoms with van der Waals surface area (Å²) in [7, 11) is 0. The van der Waals surface area contributed by atoms with Gasteiger partial charge in [-0.25, -0.2) is 5.84 Å². The van der Waals surface area contributed by atoms with Crippen molar-refractivity contribution in [3.8, 4) is 0 Å². The van der Waals surface area contributed by atoms with Gasteiger partial charge in [-0.3, -0.25) is 14.9 Å². The third-order valence-corrected chi connectivity index (χ3v) is 1.82. The molecule has 5 heteroatoms. The maximum atomic E-state index is 11.2. The standard InChI is InChI=1S/C8H14N4O/c1-5(2)12-4-7(6(3)11-12)8(13)10-9/h4-5H,9H2,1-3H3,(H,10,13). The molecule has 1 aromatic heterocycles. The van der Waals surface area contributed by atoms with Gasteiger partial charge in [0.25, 0.3) is 5.91 Å². The molecule has 0 aliphatic rings. The lowest BCUT2D eigenvalue weighted by Crippen LogP contribution is -2.30. The zero-order valence-corrected chi connectivity index (χ0v) is 8.03. The van der Waals surface area contributed by atoms with E-state index in [1.54, 1.807) is 17.8 Å². The second kappa shape index (κ2) is 3.57. The summed E-state index contributed by atoms with van der Waals surface area (Å²) in [5, 5.41) is 4.18. The normalized spacial score (nSPS) is 10.5. The molecule has 0 bridgehead atoms. The predicted octanol–water partition coefficient (Wildman–Crippen LogP) is 0.376. The second-order valence-electron chi connectivity index (χ2n) is 3.18. The fourth-order valence-electron chi connectivity index (χ4n) is 1.05. The number of amides is 1. The van der Waals surface area contributed by atoms with Crippen LogP contribution in [0.1, 0.15) is 35.9 Å². The molecule has 3 N–H and O–H groups in total. The molecule has 0 atom stereocenters. The number of hydrazine groups is 1. The van der Waals surface area contributed by atoms with Gasteiger partial charge in [-0.05, 0) is 20.8 Å². The van der Waals surface area contributed by atoms with Gasteiger partial charge in [0.15, 0.2) is 0 Å². The first-order valence-corrected chi connectivity index (χ1v) is 4.13. The number of carbonyl (C=O) groups excluding carboxylic acids is 1. The lowest BCUT2D eigenvalue weighted by molar-refractivity contribution is 0.0953. The van der Waals surface area contributed by atoms with Crippen LogP contribution in [0.15, 0.2) is 6.20 Å². The van der Waals surface area contributed by atoms with E-state index in [4.69, 9.17) is 5.84 Å².